The van der Waals surface area contributed by atoms with Gasteiger partial charge in [-0.3, -0.25) is 9.05 Å². The fourth-order valence-electron chi connectivity index (χ4n) is 3.88. The van der Waals surface area contributed by atoms with E-state index in [1.54, 1.807) is 6.07 Å². The molecule has 32 heavy (non-hydrogen) atoms. The Bertz CT molecular complexity index is 1120. The number of halogens is 1. The standard InChI is InChI=1S/C21H24BrN2O7P/c1-12-15-8-18(27-2)17(25)5-13(15)7-21(23-32(26,28-3)29-4)24(12)10-14-6-19-20(9-16(14)22)31-11-30-19/h5-6,8-9,12,25H,7,10-11H2,1-4H3/b23-21-. The third-order valence-electron chi connectivity index (χ3n) is 5.62. The lowest BCUT2D eigenvalue weighted by molar-refractivity contribution is 0.174. The number of hydrogen-bond donors (Lipinski definition) is 1. The van der Waals surface area contributed by atoms with Crippen LogP contribution in [0.2, 0.25) is 0 Å². The molecule has 0 bridgehead atoms. The SMILES string of the molecule is COc1cc2c(cc1O)C/C(=N/P(=O)(OC)OC)N(Cc1cc3c(cc1Br)OCO3)C2C. The lowest BCUT2D eigenvalue weighted by Gasteiger charge is -2.38. The van der Waals surface area contributed by atoms with Crippen molar-refractivity contribution in [3.05, 3.63) is 45.4 Å². The van der Waals surface area contributed by atoms with Crippen LogP contribution in [0.5, 0.6) is 23.0 Å². The Morgan fingerprint density at radius 2 is 1.88 bits per heavy atom. The molecule has 1 atom stereocenters. The minimum Gasteiger partial charge on any atom is -0.504 e. The number of benzene rings is 2. The summed E-state index contributed by atoms with van der Waals surface area (Å²) in [6, 6.07) is 7.08. The van der Waals surface area contributed by atoms with Gasteiger partial charge in [0, 0.05) is 31.7 Å². The van der Waals surface area contributed by atoms with E-state index >= 15 is 0 Å². The summed E-state index contributed by atoms with van der Waals surface area (Å²) in [5.41, 5.74) is 2.77. The van der Waals surface area contributed by atoms with E-state index in [2.05, 4.69) is 20.7 Å². The number of ether oxygens (including phenoxy) is 3. The van der Waals surface area contributed by atoms with Crippen LogP contribution in [0.15, 0.2) is 33.5 Å². The predicted octanol–water partition coefficient (Wildman–Crippen LogP) is 4.81. The number of phenolic OH excluding ortho intramolecular Hbond substituents is 1. The largest absolute Gasteiger partial charge is 0.504 e. The molecular formula is C21H24BrN2O7P. The number of methoxy groups -OCH3 is 1. The molecule has 2 aromatic rings. The van der Waals surface area contributed by atoms with Crippen LogP contribution in [-0.2, 0) is 26.6 Å². The van der Waals surface area contributed by atoms with Gasteiger partial charge in [0.25, 0.3) is 0 Å². The molecule has 0 spiro atoms. The zero-order chi connectivity index (χ0) is 23.0. The van der Waals surface area contributed by atoms with Crippen LogP contribution in [0.4, 0.5) is 0 Å². The Labute approximate surface area is 194 Å². The first-order chi connectivity index (χ1) is 15.3. The van der Waals surface area contributed by atoms with Crippen molar-refractivity contribution in [2.45, 2.75) is 25.9 Å². The van der Waals surface area contributed by atoms with Crippen molar-refractivity contribution < 1.29 is 32.9 Å². The number of aromatic hydroxyl groups is 1. The van der Waals surface area contributed by atoms with Gasteiger partial charge >= 0.3 is 7.75 Å². The van der Waals surface area contributed by atoms with Crippen molar-refractivity contribution in [1.82, 2.24) is 4.90 Å². The van der Waals surface area contributed by atoms with Gasteiger partial charge in [0.2, 0.25) is 6.79 Å². The normalized spacial score (nSPS) is 18.7. The Morgan fingerprint density at radius 1 is 1.19 bits per heavy atom. The molecule has 0 aromatic heterocycles. The minimum atomic E-state index is -3.68. The van der Waals surface area contributed by atoms with Gasteiger partial charge in [0.15, 0.2) is 23.0 Å². The first-order valence-corrected chi connectivity index (χ1v) is 12.1. The van der Waals surface area contributed by atoms with Crippen LogP contribution in [-0.4, -0.2) is 44.0 Å². The number of rotatable bonds is 6. The molecule has 0 saturated carbocycles. The number of hydrogen-bond acceptors (Lipinski definition) is 7. The minimum absolute atomic E-state index is 0.0337. The van der Waals surface area contributed by atoms with Gasteiger partial charge in [-0.05, 0) is 47.9 Å². The van der Waals surface area contributed by atoms with Gasteiger partial charge in [-0.15, -0.1) is 0 Å². The zero-order valence-electron chi connectivity index (χ0n) is 18.1. The topological polar surface area (TPSA) is 99.1 Å². The van der Waals surface area contributed by atoms with Crippen LogP contribution in [0.25, 0.3) is 0 Å². The molecule has 1 N–H and O–H groups in total. The van der Waals surface area contributed by atoms with E-state index in [0.29, 0.717) is 36.0 Å². The predicted molar refractivity (Wildman–Crippen MR) is 122 cm³/mol. The van der Waals surface area contributed by atoms with Crippen LogP contribution >= 0.6 is 23.7 Å². The molecule has 0 radical (unpaired) electrons. The van der Waals surface area contributed by atoms with E-state index in [0.717, 1.165) is 21.2 Å². The lowest BCUT2D eigenvalue weighted by atomic mass is 9.91. The van der Waals surface area contributed by atoms with Gasteiger partial charge < -0.3 is 24.2 Å². The quantitative estimate of drug-likeness (QED) is 0.535. The Kier molecular flexibility index (Phi) is 6.40. The number of phenols is 1. The van der Waals surface area contributed by atoms with E-state index < -0.39 is 7.75 Å². The van der Waals surface area contributed by atoms with Gasteiger partial charge in [0.05, 0.1) is 13.2 Å². The summed E-state index contributed by atoms with van der Waals surface area (Å²) in [5.74, 6) is 2.28. The van der Waals surface area contributed by atoms with Gasteiger partial charge in [0.1, 0.15) is 5.84 Å². The van der Waals surface area contributed by atoms with Crippen molar-refractivity contribution >= 4 is 29.5 Å². The number of amidine groups is 1. The highest BCUT2D eigenvalue weighted by Crippen LogP contribution is 2.50. The lowest BCUT2D eigenvalue weighted by Crippen LogP contribution is -2.39. The van der Waals surface area contributed by atoms with Gasteiger partial charge in [-0.1, -0.05) is 15.9 Å². The fraction of sp³-hybridized carbons (Fsp3) is 0.381. The monoisotopic (exact) mass is 526 g/mol. The summed E-state index contributed by atoms with van der Waals surface area (Å²) >= 11 is 3.61. The molecule has 4 rings (SSSR count). The summed E-state index contributed by atoms with van der Waals surface area (Å²) in [7, 11) is 0.422. The van der Waals surface area contributed by atoms with Crippen molar-refractivity contribution in [3.8, 4) is 23.0 Å². The zero-order valence-corrected chi connectivity index (χ0v) is 20.6. The molecule has 2 aliphatic heterocycles. The first kappa shape index (κ1) is 22.9. The van der Waals surface area contributed by atoms with Gasteiger partial charge in [-0.2, -0.15) is 4.76 Å². The summed E-state index contributed by atoms with van der Waals surface area (Å²) in [4.78, 5) is 2.02. The third-order valence-corrected chi connectivity index (χ3v) is 7.76. The molecule has 2 aliphatic rings. The number of nitrogens with zero attached hydrogens (tertiary/aromatic N) is 2. The van der Waals surface area contributed by atoms with Crippen LogP contribution < -0.4 is 14.2 Å². The molecule has 1 unspecified atom stereocenters. The summed E-state index contributed by atoms with van der Waals surface area (Å²) in [6.07, 6.45) is 0.329. The van der Waals surface area contributed by atoms with E-state index in [-0.39, 0.29) is 18.6 Å². The van der Waals surface area contributed by atoms with E-state index in [1.165, 1.54) is 21.3 Å². The van der Waals surface area contributed by atoms with Gasteiger partial charge in [-0.25, -0.2) is 4.57 Å². The summed E-state index contributed by atoms with van der Waals surface area (Å²) in [5, 5.41) is 10.3. The van der Waals surface area contributed by atoms with E-state index in [9.17, 15) is 9.67 Å². The fourth-order valence-corrected chi connectivity index (χ4v) is 5.11. The third kappa shape index (κ3) is 4.20. The van der Waals surface area contributed by atoms with Crippen molar-refractivity contribution in [2.75, 3.05) is 28.1 Å². The Balaban J connectivity index is 1.80. The molecule has 0 fully saturated rings. The van der Waals surface area contributed by atoms with Crippen molar-refractivity contribution in [1.29, 1.82) is 0 Å². The highest BCUT2D eigenvalue weighted by atomic mass is 79.9. The first-order valence-electron chi connectivity index (χ1n) is 9.83. The van der Waals surface area contributed by atoms with Crippen LogP contribution in [0, 0.1) is 0 Å². The Hall–Kier alpha value is -2.26. The molecule has 0 amide bonds. The number of fused-ring (bicyclic) bond motifs is 2. The molecule has 9 nitrogen and oxygen atoms in total. The Morgan fingerprint density at radius 3 is 2.53 bits per heavy atom. The highest BCUT2D eigenvalue weighted by molar-refractivity contribution is 9.10. The molecule has 0 aliphatic carbocycles. The molecular weight excluding hydrogens is 503 g/mol. The maximum atomic E-state index is 12.8. The molecule has 11 heteroatoms. The maximum absolute atomic E-state index is 12.8. The second kappa shape index (κ2) is 8.94. The average Bonchev–Trinajstić information content (AvgIpc) is 3.23. The molecule has 2 aromatic carbocycles. The molecule has 2 heterocycles. The summed E-state index contributed by atoms with van der Waals surface area (Å²) in [6.45, 7) is 2.63. The smallest absolute Gasteiger partial charge is 0.454 e. The molecule has 0 saturated heterocycles. The highest BCUT2D eigenvalue weighted by Gasteiger charge is 2.33. The second-order valence-corrected chi connectivity index (χ2v) is 10.1. The maximum Gasteiger partial charge on any atom is 0.454 e. The van der Waals surface area contributed by atoms with Crippen molar-refractivity contribution in [3.63, 3.8) is 0 Å². The van der Waals surface area contributed by atoms with E-state index in [4.69, 9.17) is 23.3 Å². The van der Waals surface area contributed by atoms with Crippen LogP contribution in [0.3, 0.4) is 0 Å². The van der Waals surface area contributed by atoms with Crippen LogP contribution in [0.1, 0.15) is 29.7 Å². The average molecular weight is 527 g/mol. The second-order valence-electron chi connectivity index (χ2n) is 7.35. The van der Waals surface area contributed by atoms with Crippen molar-refractivity contribution in [2.24, 2.45) is 4.76 Å². The molecule has 172 valence electrons. The van der Waals surface area contributed by atoms with E-state index in [1.807, 2.05) is 30.0 Å². The summed E-state index contributed by atoms with van der Waals surface area (Å²) < 4.78 is 44.5.